The van der Waals surface area contributed by atoms with E-state index in [1.165, 1.54) is 6.08 Å². The van der Waals surface area contributed by atoms with Crippen LogP contribution in [0.5, 0.6) is 5.75 Å². The summed E-state index contributed by atoms with van der Waals surface area (Å²) in [7, 11) is 0. The van der Waals surface area contributed by atoms with Gasteiger partial charge >= 0.3 is 6.03 Å². The van der Waals surface area contributed by atoms with Crippen LogP contribution in [-0.4, -0.2) is 26.9 Å². The maximum atomic E-state index is 12.6. The molecule has 8 nitrogen and oxygen atoms in total. The van der Waals surface area contributed by atoms with Crippen molar-refractivity contribution in [3.63, 3.8) is 0 Å². The fraction of sp³-hybridized carbons (Fsp3) is 0.111. The Morgan fingerprint density at radius 1 is 1.26 bits per heavy atom. The van der Waals surface area contributed by atoms with Gasteiger partial charge in [-0.15, -0.1) is 0 Å². The first-order valence-electron chi connectivity index (χ1n) is 7.83. The summed E-state index contributed by atoms with van der Waals surface area (Å²) in [6, 6.07) is 9.07. The van der Waals surface area contributed by atoms with Crippen LogP contribution >= 0.6 is 15.9 Å². The molecule has 1 saturated heterocycles. The average Bonchev–Trinajstić information content (AvgIpc) is 2.88. The van der Waals surface area contributed by atoms with Gasteiger partial charge in [0.1, 0.15) is 11.4 Å². The number of aryl methyl sites for hydroxylation is 1. The van der Waals surface area contributed by atoms with Crippen molar-refractivity contribution in [3.8, 4) is 5.75 Å². The molecule has 2 aromatic carbocycles. The van der Waals surface area contributed by atoms with E-state index >= 15 is 0 Å². The number of rotatable bonds is 4. The molecule has 1 aliphatic rings. The molecule has 3 amide bonds. The van der Waals surface area contributed by atoms with E-state index in [0.29, 0.717) is 0 Å². The maximum Gasteiger partial charge on any atom is 0.329 e. The topological polar surface area (TPSA) is 113 Å². The van der Waals surface area contributed by atoms with Crippen LogP contribution < -0.4 is 5.32 Å². The van der Waals surface area contributed by atoms with E-state index in [9.17, 15) is 24.8 Å². The van der Waals surface area contributed by atoms with Crippen LogP contribution in [-0.2, 0) is 11.3 Å². The molecule has 0 atom stereocenters. The van der Waals surface area contributed by atoms with Gasteiger partial charge in [-0.05, 0) is 34.5 Å². The molecule has 0 saturated carbocycles. The number of hydrogen-bond donors (Lipinski definition) is 2. The number of benzene rings is 2. The summed E-state index contributed by atoms with van der Waals surface area (Å²) in [5, 5.41) is 23.5. The molecule has 27 heavy (non-hydrogen) atoms. The van der Waals surface area contributed by atoms with Gasteiger partial charge in [-0.3, -0.25) is 19.8 Å². The lowest BCUT2D eigenvalue weighted by atomic mass is 10.1. The number of hydrogen-bond acceptors (Lipinski definition) is 5. The molecule has 3 rings (SSSR count). The molecular formula is C18H14BrN3O5. The minimum atomic E-state index is -0.620. The molecule has 2 N–H and O–H groups in total. The Morgan fingerprint density at radius 2 is 1.93 bits per heavy atom. The van der Waals surface area contributed by atoms with E-state index in [1.807, 2.05) is 31.2 Å². The monoisotopic (exact) mass is 431 g/mol. The van der Waals surface area contributed by atoms with E-state index in [-0.39, 0.29) is 33.7 Å². The van der Waals surface area contributed by atoms with Crippen molar-refractivity contribution in [2.45, 2.75) is 13.5 Å². The summed E-state index contributed by atoms with van der Waals surface area (Å²) in [4.78, 5) is 36.1. The van der Waals surface area contributed by atoms with Crippen molar-refractivity contribution in [1.82, 2.24) is 10.2 Å². The number of urea groups is 1. The molecule has 0 unspecified atom stereocenters. The molecule has 0 aromatic heterocycles. The quantitative estimate of drug-likeness (QED) is 0.333. The number of nitrogens with one attached hydrogen (secondary N) is 1. The van der Waals surface area contributed by atoms with Crippen LogP contribution in [0, 0.1) is 17.0 Å². The van der Waals surface area contributed by atoms with Crippen molar-refractivity contribution in [3.05, 3.63) is 73.4 Å². The van der Waals surface area contributed by atoms with Gasteiger partial charge in [-0.1, -0.05) is 29.8 Å². The third kappa shape index (κ3) is 3.82. The minimum Gasteiger partial charge on any atom is -0.506 e. The number of amides is 3. The Hall–Kier alpha value is -3.20. The van der Waals surface area contributed by atoms with Crippen molar-refractivity contribution < 1.29 is 19.6 Å². The third-order valence-electron chi connectivity index (χ3n) is 4.01. The minimum absolute atomic E-state index is 0.0388. The second-order valence-electron chi connectivity index (χ2n) is 5.99. The Morgan fingerprint density at radius 3 is 2.56 bits per heavy atom. The van der Waals surface area contributed by atoms with Crippen LogP contribution in [0.4, 0.5) is 10.5 Å². The zero-order chi connectivity index (χ0) is 19.7. The highest BCUT2D eigenvalue weighted by Gasteiger charge is 2.33. The lowest BCUT2D eigenvalue weighted by molar-refractivity contribution is -0.385. The van der Waals surface area contributed by atoms with Gasteiger partial charge in [0, 0.05) is 17.7 Å². The van der Waals surface area contributed by atoms with Crippen molar-refractivity contribution in [2.24, 2.45) is 0 Å². The molecule has 1 heterocycles. The number of phenols is 1. The second kappa shape index (κ2) is 7.20. The largest absolute Gasteiger partial charge is 0.506 e. The van der Waals surface area contributed by atoms with Crippen molar-refractivity contribution >= 4 is 39.6 Å². The van der Waals surface area contributed by atoms with Crippen molar-refractivity contribution in [2.75, 3.05) is 0 Å². The van der Waals surface area contributed by atoms with Gasteiger partial charge in [0.25, 0.3) is 11.6 Å². The predicted octanol–water partition coefficient (Wildman–Crippen LogP) is 3.46. The van der Waals surface area contributed by atoms with E-state index in [2.05, 4.69) is 21.2 Å². The molecule has 0 bridgehead atoms. The first kappa shape index (κ1) is 18.6. The number of halogens is 1. The highest BCUT2D eigenvalue weighted by molar-refractivity contribution is 9.10. The van der Waals surface area contributed by atoms with Crippen LogP contribution in [0.2, 0.25) is 0 Å². The number of non-ortho nitro benzene ring substituents is 1. The number of carbonyl (C=O) groups is 2. The lowest BCUT2D eigenvalue weighted by Gasteiger charge is -2.11. The summed E-state index contributed by atoms with van der Waals surface area (Å²) < 4.78 is 0.108. The number of imide groups is 1. The SMILES string of the molecule is Cc1ccc(CN2C(=O)N/C(=C/c3cc([N+](=O)[O-])cc(Br)c3O)C2=O)cc1. The van der Waals surface area contributed by atoms with Gasteiger partial charge in [0.15, 0.2) is 0 Å². The molecule has 138 valence electrons. The lowest BCUT2D eigenvalue weighted by Crippen LogP contribution is -2.30. The van der Waals surface area contributed by atoms with Gasteiger partial charge in [-0.2, -0.15) is 0 Å². The van der Waals surface area contributed by atoms with E-state index < -0.39 is 16.9 Å². The molecular weight excluding hydrogens is 418 g/mol. The molecule has 2 aromatic rings. The number of carbonyl (C=O) groups excluding carboxylic acids is 2. The Bertz CT molecular complexity index is 985. The first-order valence-corrected chi connectivity index (χ1v) is 8.62. The third-order valence-corrected chi connectivity index (χ3v) is 4.62. The number of nitrogens with zero attached hydrogens (tertiary/aromatic N) is 2. The summed E-state index contributed by atoms with van der Waals surface area (Å²) in [6.07, 6.45) is 1.21. The standard InChI is InChI=1S/C18H14BrN3O5/c1-10-2-4-11(5-3-10)9-21-17(24)15(20-18(21)25)7-12-6-13(22(26)27)8-14(19)16(12)23/h2-8,23H,9H2,1H3,(H,20,25)/b15-7+. The van der Waals surface area contributed by atoms with Crippen LogP contribution in [0.3, 0.4) is 0 Å². The number of nitro groups is 1. The van der Waals surface area contributed by atoms with Crippen molar-refractivity contribution in [1.29, 1.82) is 0 Å². The molecule has 0 aliphatic carbocycles. The number of phenolic OH excluding ortho intramolecular Hbond substituents is 1. The number of aromatic hydroxyl groups is 1. The highest BCUT2D eigenvalue weighted by atomic mass is 79.9. The normalized spacial score (nSPS) is 15.3. The summed E-state index contributed by atoms with van der Waals surface area (Å²) in [5.74, 6) is -0.852. The van der Waals surface area contributed by atoms with Crippen LogP contribution in [0.25, 0.3) is 6.08 Å². The molecule has 1 aliphatic heterocycles. The zero-order valence-electron chi connectivity index (χ0n) is 14.1. The van der Waals surface area contributed by atoms with E-state index in [1.54, 1.807) is 0 Å². The van der Waals surface area contributed by atoms with Gasteiger partial charge in [0.05, 0.1) is 15.9 Å². The second-order valence-corrected chi connectivity index (χ2v) is 6.84. The Labute approximate surface area is 162 Å². The first-order chi connectivity index (χ1) is 12.8. The molecule has 0 radical (unpaired) electrons. The smallest absolute Gasteiger partial charge is 0.329 e. The van der Waals surface area contributed by atoms with Gasteiger partial charge < -0.3 is 10.4 Å². The molecule has 1 fully saturated rings. The summed E-state index contributed by atoms with van der Waals surface area (Å²) >= 11 is 3.04. The highest BCUT2D eigenvalue weighted by Crippen LogP contribution is 2.34. The van der Waals surface area contributed by atoms with Crippen LogP contribution in [0.1, 0.15) is 16.7 Å². The Kier molecular flexibility index (Phi) is 4.95. The summed E-state index contributed by atoms with van der Waals surface area (Å²) in [5.41, 5.74) is 1.54. The van der Waals surface area contributed by atoms with E-state index in [0.717, 1.165) is 28.2 Å². The van der Waals surface area contributed by atoms with E-state index in [4.69, 9.17) is 0 Å². The van der Waals surface area contributed by atoms with Gasteiger partial charge in [-0.25, -0.2) is 4.79 Å². The fourth-order valence-corrected chi connectivity index (χ4v) is 3.03. The molecule has 9 heteroatoms. The maximum absolute atomic E-state index is 12.6. The van der Waals surface area contributed by atoms with Gasteiger partial charge in [0.2, 0.25) is 0 Å². The van der Waals surface area contributed by atoms with Crippen LogP contribution in [0.15, 0.2) is 46.6 Å². The molecule has 0 spiro atoms. The fourth-order valence-electron chi connectivity index (χ4n) is 2.57. The summed E-state index contributed by atoms with van der Waals surface area (Å²) in [6.45, 7) is 2.02. The average molecular weight is 432 g/mol. The Balaban J connectivity index is 1.90. The zero-order valence-corrected chi connectivity index (χ0v) is 15.7. The number of nitro benzene ring substituents is 1. The predicted molar refractivity (Wildman–Crippen MR) is 101 cm³/mol.